The smallest absolute Gasteiger partial charge is 0.350 e. The van der Waals surface area contributed by atoms with E-state index in [1.54, 1.807) is 38.1 Å². The Labute approximate surface area is 144 Å². The van der Waals surface area contributed by atoms with Crippen molar-refractivity contribution in [2.24, 2.45) is 0 Å². The number of ether oxygens (including phenoxy) is 2. The van der Waals surface area contributed by atoms with Gasteiger partial charge in [-0.3, -0.25) is 10.1 Å². The van der Waals surface area contributed by atoms with Crippen LogP contribution in [0.15, 0.2) is 24.3 Å². The molecule has 0 aliphatic rings. The Hall–Kier alpha value is -2.41. The van der Waals surface area contributed by atoms with Gasteiger partial charge in [0.25, 0.3) is 5.91 Å². The molecule has 0 saturated heterocycles. The summed E-state index contributed by atoms with van der Waals surface area (Å²) in [4.78, 5) is 28.6. The van der Waals surface area contributed by atoms with E-state index >= 15 is 0 Å². The van der Waals surface area contributed by atoms with E-state index in [1.165, 1.54) is 0 Å². The third-order valence-electron chi connectivity index (χ3n) is 3.07. The second-order valence-corrected chi connectivity index (χ2v) is 5.98. The van der Waals surface area contributed by atoms with Crippen LogP contribution in [0.4, 0.5) is 5.13 Å². The molecule has 1 amide bonds. The topological polar surface area (TPSA) is 77.5 Å². The largest absolute Gasteiger partial charge is 0.494 e. The quantitative estimate of drug-likeness (QED) is 0.773. The highest BCUT2D eigenvalue weighted by molar-refractivity contribution is 7.17. The first-order valence-electron chi connectivity index (χ1n) is 7.73. The first-order valence-corrected chi connectivity index (χ1v) is 8.55. The van der Waals surface area contributed by atoms with Gasteiger partial charge in [0.2, 0.25) is 0 Å². The minimum atomic E-state index is -0.426. The number of amides is 1. The molecule has 2 aromatic rings. The summed E-state index contributed by atoms with van der Waals surface area (Å²) in [6.45, 7) is 6.41. The molecule has 1 heterocycles. The van der Waals surface area contributed by atoms with Crippen LogP contribution in [0.25, 0.3) is 0 Å². The number of hydrogen-bond acceptors (Lipinski definition) is 6. The number of aryl methyl sites for hydroxylation is 1. The zero-order valence-corrected chi connectivity index (χ0v) is 14.7. The van der Waals surface area contributed by atoms with Crippen LogP contribution < -0.4 is 10.1 Å². The molecule has 1 aromatic carbocycles. The summed E-state index contributed by atoms with van der Waals surface area (Å²) in [5.41, 5.74) is 1.03. The molecule has 0 bridgehead atoms. The number of anilines is 1. The highest BCUT2D eigenvalue weighted by atomic mass is 32.1. The molecule has 0 unspecified atom stereocenters. The van der Waals surface area contributed by atoms with Crippen molar-refractivity contribution < 1.29 is 19.1 Å². The molecule has 6 nitrogen and oxygen atoms in total. The van der Waals surface area contributed by atoms with Gasteiger partial charge in [-0.1, -0.05) is 18.3 Å². The number of thiazole rings is 1. The summed E-state index contributed by atoms with van der Waals surface area (Å²) < 4.78 is 10.4. The number of nitrogens with one attached hydrogen (secondary N) is 1. The van der Waals surface area contributed by atoms with Gasteiger partial charge < -0.3 is 9.47 Å². The number of rotatable bonds is 7. The zero-order chi connectivity index (χ0) is 17.5. The van der Waals surface area contributed by atoms with Crippen molar-refractivity contribution in [3.63, 3.8) is 0 Å². The maximum atomic E-state index is 12.3. The lowest BCUT2D eigenvalue weighted by atomic mass is 10.2. The third-order valence-corrected chi connectivity index (χ3v) is 4.12. The SMILES string of the molecule is CCCOc1ccc(C(=O)Nc2nc(C)c(C(=O)OCC)s2)cc1. The number of carbonyl (C=O) groups is 2. The van der Waals surface area contributed by atoms with Crippen molar-refractivity contribution in [1.82, 2.24) is 4.98 Å². The Kier molecular flexibility index (Phi) is 6.31. The van der Waals surface area contributed by atoms with Crippen LogP contribution in [0.3, 0.4) is 0 Å². The number of esters is 1. The normalized spacial score (nSPS) is 10.3. The van der Waals surface area contributed by atoms with Crippen LogP contribution in [0, 0.1) is 6.92 Å². The molecule has 1 N–H and O–H groups in total. The Balaban J connectivity index is 2.04. The first-order chi connectivity index (χ1) is 11.5. The van der Waals surface area contributed by atoms with Gasteiger partial charge in [-0.2, -0.15) is 0 Å². The molecule has 0 aliphatic carbocycles. The Morgan fingerprint density at radius 3 is 2.54 bits per heavy atom. The second kappa shape index (κ2) is 8.44. The van der Waals surface area contributed by atoms with E-state index < -0.39 is 5.97 Å². The number of carbonyl (C=O) groups excluding carboxylic acids is 2. The zero-order valence-electron chi connectivity index (χ0n) is 13.9. The summed E-state index contributed by atoms with van der Waals surface area (Å²) in [7, 11) is 0. The van der Waals surface area contributed by atoms with E-state index in [4.69, 9.17) is 9.47 Å². The van der Waals surface area contributed by atoms with Gasteiger partial charge >= 0.3 is 5.97 Å². The lowest BCUT2D eigenvalue weighted by Crippen LogP contribution is -2.11. The predicted octanol–water partition coefficient (Wildman–Crippen LogP) is 3.67. The van der Waals surface area contributed by atoms with E-state index in [-0.39, 0.29) is 5.91 Å². The molecular formula is C17H20N2O4S. The van der Waals surface area contributed by atoms with Gasteiger partial charge in [-0.25, -0.2) is 9.78 Å². The van der Waals surface area contributed by atoms with Crippen LogP contribution in [0.5, 0.6) is 5.75 Å². The lowest BCUT2D eigenvalue weighted by Gasteiger charge is -2.05. The van der Waals surface area contributed by atoms with Crippen LogP contribution >= 0.6 is 11.3 Å². The minimum Gasteiger partial charge on any atom is -0.494 e. The van der Waals surface area contributed by atoms with Crippen LogP contribution in [0.2, 0.25) is 0 Å². The van der Waals surface area contributed by atoms with Crippen molar-refractivity contribution in [1.29, 1.82) is 0 Å². The fourth-order valence-corrected chi connectivity index (χ4v) is 2.78. The monoisotopic (exact) mass is 348 g/mol. The third kappa shape index (κ3) is 4.55. The van der Waals surface area contributed by atoms with Crippen molar-refractivity contribution in [2.45, 2.75) is 27.2 Å². The summed E-state index contributed by atoms with van der Waals surface area (Å²) in [5.74, 6) is 0.00900. The van der Waals surface area contributed by atoms with E-state index in [2.05, 4.69) is 10.3 Å². The van der Waals surface area contributed by atoms with E-state index in [1.807, 2.05) is 6.92 Å². The Morgan fingerprint density at radius 2 is 1.92 bits per heavy atom. The summed E-state index contributed by atoms with van der Waals surface area (Å²) in [6, 6.07) is 6.88. The van der Waals surface area contributed by atoms with Crippen LogP contribution in [-0.4, -0.2) is 30.1 Å². The molecule has 0 radical (unpaired) electrons. The van der Waals surface area contributed by atoms with Gasteiger partial charge in [0.1, 0.15) is 10.6 Å². The van der Waals surface area contributed by atoms with Gasteiger partial charge in [0.05, 0.1) is 18.9 Å². The summed E-state index contributed by atoms with van der Waals surface area (Å²) in [6.07, 6.45) is 0.925. The molecular weight excluding hydrogens is 328 g/mol. The van der Waals surface area contributed by atoms with Crippen molar-refractivity contribution in [2.75, 3.05) is 18.5 Å². The number of benzene rings is 1. The molecule has 7 heteroatoms. The Bertz CT molecular complexity index is 710. The average Bonchev–Trinajstić information content (AvgIpc) is 2.94. The van der Waals surface area contributed by atoms with Crippen molar-refractivity contribution >= 4 is 28.3 Å². The second-order valence-electron chi connectivity index (χ2n) is 4.98. The molecule has 0 atom stereocenters. The minimum absolute atomic E-state index is 0.291. The van der Waals surface area contributed by atoms with Gasteiger partial charge in [0, 0.05) is 5.56 Å². The van der Waals surface area contributed by atoms with E-state index in [0.29, 0.717) is 34.5 Å². The fourth-order valence-electron chi connectivity index (χ4n) is 1.93. The molecule has 0 aliphatic heterocycles. The molecule has 0 spiro atoms. The van der Waals surface area contributed by atoms with Gasteiger partial charge in [-0.05, 0) is 44.5 Å². The number of hydrogen-bond donors (Lipinski definition) is 1. The molecule has 1 aromatic heterocycles. The Morgan fingerprint density at radius 1 is 1.21 bits per heavy atom. The molecule has 0 fully saturated rings. The maximum absolute atomic E-state index is 12.3. The number of aromatic nitrogens is 1. The molecule has 2 rings (SSSR count). The lowest BCUT2D eigenvalue weighted by molar-refractivity contribution is 0.0531. The maximum Gasteiger partial charge on any atom is 0.350 e. The van der Waals surface area contributed by atoms with Gasteiger partial charge in [-0.15, -0.1) is 0 Å². The molecule has 24 heavy (non-hydrogen) atoms. The van der Waals surface area contributed by atoms with Crippen LogP contribution in [-0.2, 0) is 4.74 Å². The van der Waals surface area contributed by atoms with Gasteiger partial charge in [0.15, 0.2) is 5.13 Å². The van der Waals surface area contributed by atoms with E-state index in [9.17, 15) is 9.59 Å². The molecule has 128 valence electrons. The molecule has 0 saturated carbocycles. The predicted molar refractivity (Wildman–Crippen MR) is 93.0 cm³/mol. The average molecular weight is 348 g/mol. The highest BCUT2D eigenvalue weighted by Crippen LogP contribution is 2.24. The van der Waals surface area contributed by atoms with Crippen molar-refractivity contribution in [3.8, 4) is 5.75 Å². The fraction of sp³-hybridized carbons (Fsp3) is 0.353. The standard InChI is InChI=1S/C17H20N2O4S/c1-4-10-23-13-8-6-12(7-9-13)15(20)19-17-18-11(3)14(24-17)16(21)22-5-2/h6-9H,4-5,10H2,1-3H3,(H,18,19,20). The summed E-state index contributed by atoms with van der Waals surface area (Å²) >= 11 is 1.10. The van der Waals surface area contributed by atoms with Crippen LogP contribution in [0.1, 0.15) is 46.0 Å². The van der Waals surface area contributed by atoms with E-state index in [0.717, 1.165) is 23.5 Å². The summed E-state index contributed by atoms with van der Waals surface area (Å²) in [5, 5.41) is 3.07. The van der Waals surface area contributed by atoms with Crippen molar-refractivity contribution in [3.05, 3.63) is 40.4 Å². The first kappa shape index (κ1) is 17.9. The number of nitrogens with zero attached hydrogens (tertiary/aromatic N) is 1. The highest BCUT2D eigenvalue weighted by Gasteiger charge is 2.18.